The summed E-state index contributed by atoms with van der Waals surface area (Å²) >= 11 is 0. The van der Waals surface area contributed by atoms with Crippen LogP contribution in [-0.4, -0.2) is 47.6 Å². The van der Waals surface area contributed by atoms with Gasteiger partial charge in [-0.3, -0.25) is 14.5 Å². The van der Waals surface area contributed by atoms with Gasteiger partial charge in [0.15, 0.2) is 0 Å². The first kappa shape index (κ1) is 17.3. The van der Waals surface area contributed by atoms with E-state index in [1.54, 1.807) is 0 Å². The van der Waals surface area contributed by atoms with Crippen molar-refractivity contribution in [1.29, 1.82) is 0 Å². The van der Waals surface area contributed by atoms with Crippen molar-refractivity contribution in [1.82, 2.24) is 10.2 Å². The van der Waals surface area contributed by atoms with Gasteiger partial charge in [-0.2, -0.15) is 0 Å². The normalized spacial score (nSPS) is 18.5. The summed E-state index contributed by atoms with van der Waals surface area (Å²) in [4.78, 5) is 24.8. The summed E-state index contributed by atoms with van der Waals surface area (Å²) in [5.41, 5.74) is 1.04. The Morgan fingerprint density at radius 1 is 1.39 bits per heavy atom. The zero-order chi connectivity index (χ0) is 16.7. The van der Waals surface area contributed by atoms with Crippen LogP contribution in [0.4, 0.5) is 0 Å². The van der Waals surface area contributed by atoms with Gasteiger partial charge in [-0.05, 0) is 24.1 Å². The topological polar surface area (TPSA) is 78.9 Å². The molecule has 1 heterocycles. The van der Waals surface area contributed by atoms with Crippen molar-refractivity contribution in [3.63, 3.8) is 0 Å². The molecule has 0 aliphatic carbocycles. The maximum absolute atomic E-state index is 11.9. The number of aliphatic carboxylic acids is 1. The SMILES string of the molecule is CCCCOc1ccc(CN2CCNC(=O)C2CC(=O)O)cc1. The van der Waals surface area contributed by atoms with Gasteiger partial charge in [0.25, 0.3) is 0 Å². The van der Waals surface area contributed by atoms with E-state index in [0.29, 0.717) is 26.2 Å². The fraction of sp³-hybridized carbons (Fsp3) is 0.529. The Morgan fingerprint density at radius 3 is 2.78 bits per heavy atom. The van der Waals surface area contributed by atoms with Crippen LogP contribution >= 0.6 is 0 Å². The summed E-state index contributed by atoms with van der Waals surface area (Å²) in [5.74, 6) is -0.337. The number of carboxylic acids is 1. The molecule has 23 heavy (non-hydrogen) atoms. The van der Waals surface area contributed by atoms with Gasteiger partial charge >= 0.3 is 5.97 Å². The molecule has 0 spiro atoms. The Bertz CT molecular complexity index is 530. The summed E-state index contributed by atoms with van der Waals surface area (Å²) in [6.07, 6.45) is 1.95. The number of carbonyl (C=O) groups is 2. The van der Waals surface area contributed by atoms with Crippen LogP contribution in [0.5, 0.6) is 5.75 Å². The van der Waals surface area contributed by atoms with E-state index in [2.05, 4.69) is 12.2 Å². The van der Waals surface area contributed by atoms with Crippen molar-refractivity contribution >= 4 is 11.9 Å². The first-order chi connectivity index (χ1) is 11.1. The highest BCUT2D eigenvalue weighted by atomic mass is 16.5. The van der Waals surface area contributed by atoms with Crippen LogP contribution in [0.15, 0.2) is 24.3 Å². The summed E-state index contributed by atoms with van der Waals surface area (Å²) < 4.78 is 5.63. The first-order valence-electron chi connectivity index (χ1n) is 8.05. The molecule has 1 fully saturated rings. The minimum absolute atomic E-state index is 0.177. The molecule has 0 saturated carbocycles. The van der Waals surface area contributed by atoms with E-state index in [1.165, 1.54) is 0 Å². The van der Waals surface area contributed by atoms with Crippen molar-refractivity contribution in [3.05, 3.63) is 29.8 Å². The zero-order valence-electron chi connectivity index (χ0n) is 13.5. The zero-order valence-corrected chi connectivity index (χ0v) is 13.5. The molecule has 0 aromatic heterocycles. The lowest BCUT2D eigenvalue weighted by Gasteiger charge is -2.34. The lowest BCUT2D eigenvalue weighted by atomic mass is 10.1. The van der Waals surface area contributed by atoms with Crippen LogP contribution < -0.4 is 10.1 Å². The Kier molecular flexibility index (Phi) is 6.40. The molecule has 6 nitrogen and oxygen atoms in total. The number of hydrogen-bond acceptors (Lipinski definition) is 4. The molecule has 6 heteroatoms. The van der Waals surface area contributed by atoms with Crippen LogP contribution in [0.1, 0.15) is 31.7 Å². The highest BCUT2D eigenvalue weighted by molar-refractivity contribution is 5.86. The minimum Gasteiger partial charge on any atom is -0.494 e. The number of carbonyl (C=O) groups excluding carboxylic acids is 1. The Hall–Kier alpha value is -2.08. The molecule has 2 N–H and O–H groups in total. The number of nitrogens with zero attached hydrogens (tertiary/aromatic N) is 1. The number of amides is 1. The van der Waals surface area contributed by atoms with E-state index in [9.17, 15) is 9.59 Å². The fourth-order valence-electron chi connectivity index (χ4n) is 2.60. The maximum atomic E-state index is 11.9. The third-order valence-corrected chi connectivity index (χ3v) is 3.89. The van der Waals surface area contributed by atoms with Crippen molar-refractivity contribution in [2.24, 2.45) is 0 Å². The predicted octanol–water partition coefficient (Wildman–Crippen LogP) is 1.64. The van der Waals surface area contributed by atoms with E-state index in [0.717, 1.165) is 24.2 Å². The first-order valence-corrected chi connectivity index (χ1v) is 8.05. The van der Waals surface area contributed by atoms with E-state index in [4.69, 9.17) is 9.84 Å². The molecule has 1 atom stereocenters. The van der Waals surface area contributed by atoms with Gasteiger partial charge in [0.2, 0.25) is 5.91 Å². The molecular formula is C17H24N2O4. The standard InChI is InChI=1S/C17H24N2O4/c1-2-3-10-23-14-6-4-13(5-7-14)12-19-9-8-18-17(22)15(19)11-16(20)21/h4-7,15H,2-3,8-12H2,1H3,(H,18,22)(H,20,21). The molecule has 1 aliphatic rings. The van der Waals surface area contributed by atoms with Gasteiger partial charge in [0.1, 0.15) is 11.8 Å². The fourth-order valence-corrected chi connectivity index (χ4v) is 2.60. The van der Waals surface area contributed by atoms with Crippen LogP contribution in [-0.2, 0) is 16.1 Å². The molecule has 1 aromatic rings. The van der Waals surface area contributed by atoms with Crippen LogP contribution in [0, 0.1) is 0 Å². The molecule has 126 valence electrons. The molecule has 1 aliphatic heterocycles. The molecular weight excluding hydrogens is 296 g/mol. The Balaban J connectivity index is 1.96. The molecule has 1 unspecified atom stereocenters. The van der Waals surface area contributed by atoms with Crippen LogP contribution in [0.25, 0.3) is 0 Å². The lowest BCUT2D eigenvalue weighted by Crippen LogP contribution is -2.55. The number of piperazine rings is 1. The number of ether oxygens (including phenoxy) is 1. The van der Waals surface area contributed by atoms with Gasteiger partial charge in [-0.25, -0.2) is 0 Å². The van der Waals surface area contributed by atoms with E-state index in [1.807, 2.05) is 29.2 Å². The monoisotopic (exact) mass is 320 g/mol. The number of benzene rings is 1. The van der Waals surface area contributed by atoms with Crippen molar-refractivity contribution in [2.75, 3.05) is 19.7 Å². The molecule has 2 rings (SSSR count). The lowest BCUT2D eigenvalue weighted by molar-refractivity contribution is -0.143. The molecule has 1 aromatic carbocycles. The van der Waals surface area contributed by atoms with E-state index in [-0.39, 0.29) is 12.3 Å². The van der Waals surface area contributed by atoms with Gasteiger partial charge < -0.3 is 15.2 Å². The van der Waals surface area contributed by atoms with Crippen molar-refractivity contribution in [2.45, 2.75) is 38.8 Å². The summed E-state index contributed by atoms with van der Waals surface area (Å²) in [6.45, 7) is 4.59. The maximum Gasteiger partial charge on any atom is 0.305 e. The number of nitrogens with one attached hydrogen (secondary N) is 1. The minimum atomic E-state index is -0.961. The average Bonchev–Trinajstić information content (AvgIpc) is 2.52. The number of unbranched alkanes of at least 4 members (excludes halogenated alkanes) is 1. The predicted molar refractivity (Wildman–Crippen MR) is 86.3 cm³/mol. The third kappa shape index (κ3) is 5.25. The molecule has 0 bridgehead atoms. The van der Waals surface area contributed by atoms with E-state index >= 15 is 0 Å². The van der Waals surface area contributed by atoms with Gasteiger partial charge in [-0.15, -0.1) is 0 Å². The second kappa shape index (κ2) is 8.53. The molecule has 1 amide bonds. The van der Waals surface area contributed by atoms with Gasteiger partial charge in [0, 0.05) is 19.6 Å². The quantitative estimate of drug-likeness (QED) is 0.712. The smallest absolute Gasteiger partial charge is 0.305 e. The van der Waals surface area contributed by atoms with Crippen LogP contribution in [0.3, 0.4) is 0 Å². The van der Waals surface area contributed by atoms with Crippen molar-refractivity contribution < 1.29 is 19.4 Å². The molecule has 1 saturated heterocycles. The van der Waals surface area contributed by atoms with Gasteiger partial charge in [-0.1, -0.05) is 25.5 Å². The van der Waals surface area contributed by atoms with Gasteiger partial charge in [0.05, 0.1) is 13.0 Å². The number of carboxylic acid groups (broad SMARTS) is 1. The van der Waals surface area contributed by atoms with Crippen LogP contribution in [0.2, 0.25) is 0 Å². The Morgan fingerprint density at radius 2 is 2.13 bits per heavy atom. The highest BCUT2D eigenvalue weighted by Gasteiger charge is 2.31. The number of hydrogen-bond donors (Lipinski definition) is 2. The van der Waals surface area contributed by atoms with Crippen molar-refractivity contribution in [3.8, 4) is 5.75 Å². The van der Waals surface area contributed by atoms with E-state index < -0.39 is 12.0 Å². The third-order valence-electron chi connectivity index (χ3n) is 3.89. The highest BCUT2D eigenvalue weighted by Crippen LogP contribution is 2.17. The number of rotatable bonds is 8. The molecule has 0 radical (unpaired) electrons. The average molecular weight is 320 g/mol. The summed E-state index contributed by atoms with van der Waals surface area (Å²) in [6, 6.07) is 7.15. The second-order valence-corrected chi connectivity index (χ2v) is 5.72. The Labute approximate surface area is 136 Å². The largest absolute Gasteiger partial charge is 0.494 e. The summed E-state index contributed by atoms with van der Waals surface area (Å²) in [7, 11) is 0. The second-order valence-electron chi connectivity index (χ2n) is 5.72. The summed E-state index contributed by atoms with van der Waals surface area (Å²) in [5, 5.41) is 11.7.